The standard InChI is InChI=1S/C13H21N5O/c14-12(19)8-10-3-6-18(7-4-10)9-11-2-1-5-16-13(11)17-15/h1-2,5,10H,3-4,6-9,15H2,(H2,14,19)(H,16,17). The number of carbonyl (C=O) groups excluding carboxylic acids is 1. The molecule has 0 aliphatic carbocycles. The predicted octanol–water partition coefficient (Wildman–Crippen LogP) is 0.455. The van der Waals surface area contributed by atoms with Crippen molar-refractivity contribution < 1.29 is 4.79 Å². The summed E-state index contributed by atoms with van der Waals surface area (Å²) in [6.07, 6.45) is 4.28. The molecule has 0 spiro atoms. The molecule has 0 saturated carbocycles. The minimum Gasteiger partial charge on any atom is -0.370 e. The molecular weight excluding hydrogens is 242 g/mol. The van der Waals surface area contributed by atoms with Crippen LogP contribution >= 0.6 is 0 Å². The highest BCUT2D eigenvalue weighted by atomic mass is 16.1. The fourth-order valence-corrected chi connectivity index (χ4v) is 2.57. The Morgan fingerprint density at radius 3 is 2.84 bits per heavy atom. The number of hydrogen-bond acceptors (Lipinski definition) is 5. The number of likely N-dealkylation sites (tertiary alicyclic amines) is 1. The van der Waals surface area contributed by atoms with Gasteiger partial charge in [0.05, 0.1) is 0 Å². The summed E-state index contributed by atoms with van der Waals surface area (Å²) in [5.74, 6) is 6.42. The zero-order valence-electron chi connectivity index (χ0n) is 11.0. The maximum atomic E-state index is 10.9. The highest BCUT2D eigenvalue weighted by Crippen LogP contribution is 2.22. The Morgan fingerprint density at radius 2 is 2.21 bits per heavy atom. The van der Waals surface area contributed by atoms with Gasteiger partial charge in [-0.3, -0.25) is 9.69 Å². The molecule has 1 aliphatic rings. The Hall–Kier alpha value is -1.66. The smallest absolute Gasteiger partial charge is 0.217 e. The van der Waals surface area contributed by atoms with Crippen molar-refractivity contribution in [3.05, 3.63) is 23.9 Å². The number of nitrogens with two attached hydrogens (primary N) is 2. The average molecular weight is 263 g/mol. The molecule has 2 rings (SSSR count). The molecule has 19 heavy (non-hydrogen) atoms. The van der Waals surface area contributed by atoms with Crippen molar-refractivity contribution in [1.82, 2.24) is 9.88 Å². The number of primary amides is 1. The third-order valence-corrected chi connectivity index (χ3v) is 3.62. The highest BCUT2D eigenvalue weighted by Gasteiger charge is 2.21. The summed E-state index contributed by atoms with van der Waals surface area (Å²) in [6.45, 7) is 2.80. The number of pyridine rings is 1. The van der Waals surface area contributed by atoms with Crippen molar-refractivity contribution in [3.63, 3.8) is 0 Å². The van der Waals surface area contributed by atoms with Gasteiger partial charge in [0.1, 0.15) is 5.82 Å². The van der Waals surface area contributed by atoms with Gasteiger partial charge in [-0.1, -0.05) is 6.07 Å². The van der Waals surface area contributed by atoms with Gasteiger partial charge in [0.15, 0.2) is 0 Å². The number of amides is 1. The Balaban J connectivity index is 1.87. The van der Waals surface area contributed by atoms with Gasteiger partial charge in [-0.05, 0) is 37.9 Å². The molecule has 1 amide bonds. The summed E-state index contributed by atoms with van der Waals surface area (Å²) in [5, 5.41) is 0. The van der Waals surface area contributed by atoms with Gasteiger partial charge >= 0.3 is 0 Å². The quantitative estimate of drug-likeness (QED) is 0.529. The Kier molecular flexibility index (Phi) is 4.70. The Bertz CT molecular complexity index is 429. The van der Waals surface area contributed by atoms with Crippen molar-refractivity contribution in [2.75, 3.05) is 18.5 Å². The molecule has 6 heteroatoms. The summed E-state index contributed by atoms with van der Waals surface area (Å²) in [5.41, 5.74) is 8.95. The van der Waals surface area contributed by atoms with E-state index in [1.165, 1.54) is 0 Å². The van der Waals surface area contributed by atoms with E-state index in [9.17, 15) is 4.79 Å². The third kappa shape index (κ3) is 3.90. The Morgan fingerprint density at radius 1 is 1.47 bits per heavy atom. The van der Waals surface area contributed by atoms with E-state index in [1.807, 2.05) is 12.1 Å². The lowest BCUT2D eigenvalue weighted by atomic mass is 9.93. The third-order valence-electron chi connectivity index (χ3n) is 3.62. The van der Waals surface area contributed by atoms with Crippen LogP contribution in [0, 0.1) is 5.92 Å². The number of piperidine rings is 1. The summed E-state index contributed by atoms with van der Waals surface area (Å²) in [7, 11) is 0. The maximum Gasteiger partial charge on any atom is 0.217 e. The van der Waals surface area contributed by atoms with Crippen LogP contribution in [0.25, 0.3) is 0 Å². The van der Waals surface area contributed by atoms with E-state index in [2.05, 4.69) is 15.3 Å². The van der Waals surface area contributed by atoms with Crippen LogP contribution in [0.4, 0.5) is 5.82 Å². The fourth-order valence-electron chi connectivity index (χ4n) is 2.57. The van der Waals surface area contributed by atoms with Gasteiger partial charge in [-0.25, -0.2) is 10.8 Å². The van der Waals surface area contributed by atoms with Crippen molar-refractivity contribution in [3.8, 4) is 0 Å². The number of anilines is 1. The lowest BCUT2D eigenvalue weighted by molar-refractivity contribution is -0.119. The second-order valence-electron chi connectivity index (χ2n) is 5.05. The Labute approximate surface area is 113 Å². The zero-order chi connectivity index (χ0) is 13.7. The molecular formula is C13H21N5O. The first-order valence-electron chi connectivity index (χ1n) is 6.60. The van der Waals surface area contributed by atoms with Crippen LogP contribution in [0.3, 0.4) is 0 Å². The molecule has 0 bridgehead atoms. The first-order valence-corrected chi connectivity index (χ1v) is 6.60. The molecule has 5 N–H and O–H groups in total. The molecule has 1 aromatic rings. The van der Waals surface area contributed by atoms with Crippen LogP contribution in [-0.2, 0) is 11.3 Å². The van der Waals surface area contributed by atoms with Gasteiger partial charge in [0.25, 0.3) is 0 Å². The summed E-state index contributed by atoms with van der Waals surface area (Å²) < 4.78 is 0. The van der Waals surface area contributed by atoms with Gasteiger partial charge in [-0.15, -0.1) is 0 Å². The molecule has 0 atom stereocenters. The molecule has 1 aromatic heterocycles. The number of rotatable bonds is 5. The van der Waals surface area contributed by atoms with E-state index in [0.29, 0.717) is 12.3 Å². The lowest BCUT2D eigenvalue weighted by Gasteiger charge is -2.31. The number of hydrogen-bond donors (Lipinski definition) is 3. The van der Waals surface area contributed by atoms with Crippen molar-refractivity contribution >= 4 is 11.7 Å². The topological polar surface area (TPSA) is 97.3 Å². The summed E-state index contributed by atoms with van der Waals surface area (Å²) >= 11 is 0. The zero-order valence-corrected chi connectivity index (χ0v) is 11.0. The second kappa shape index (κ2) is 6.49. The van der Waals surface area contributed by atoms with E-state index < -0.39 is 0 Å². The van der Waals surface area contributed by atoms with E-state index in [1.54, 1.807) is 6.20 Å². The number of carbonyl (C=O) groups is 1. The minimum atomic E-state index is -0.194. The number of nitrogens with one attached hydrogen (secondary N) is 1. The largest absolute Gasteiger partial charge is 0.370 e. The second-order valence-corrected chi connectivity index (χ2v) is 5.05. The number of hydrazine groups is 1. The van der Waals surface area contributed by atoms with Crippen LogP contribution < -0.4 is 17.0 Å². The van der Waals surface area contributed by atoms with Crippen LogP contribution in [0.1, 0.15) is 24.8 Å². The molecule has 0 aromatic carbocycles. The molecule has 0 unspecified atom stereocenters. The van der Waals surface area contributed by atoms with Crippen LogP contribution in [0.15, 0.2) is 18.3 Å². The highest BCUT2D eigenvalue weighted by molar-refractivity contribution is 5.73. The molecule has 1 aliphatic heterocycles. The fraction of sp³-hybridized carbons (Fsp3) is 0.538. The molecule has 104 valence electrons. The SMILES string of the molecule is NNc1ncccc1CN1CCC(CC(N)=O)CC1. The van der Waals surface area contributed by atoms with E-state index in [-0.39, 0.29) is 5.91 Å². The number of aromatic nitrogens is 1. The van der Waals surface area contributed by atoms with E-state index in [4.69, 9.17) is 11.6 Å². The van der Waals surface area contributed by atoms with Gasteiger partial charge in [0.2, 0.25) is 5.91 Å². The molecule has 1 saturated heterocycles. The molecule has 1 fully saturated rings. The van der Waals surface area contributed by atoms with Crippen LogP contribution in [0.2, 0.25) is 0 Å². The van der Waals surface area contributed by atoms with Crippen LogP contribution in [-0.4, -0.2) is 28.9 Å². The lowest BCUT2D eigenvalue weighted by Crippen LogP contribution is -2.35. The molecule has 0 radical (unpaired) electrons. The normalized spacial score (nSPS) is 17.3. The van der Waals surface area contributed by atoms with Crippen molar-refractivity contribution in [1.29, 1.82) is 0 Å². The first kappa shape index (κ1) is 13.8. The predicted molar refractivity (Wildman–Crippen MR) is 73.9 cm³/mol. The molecule has 2 heterocycles. The van der Waals surface area contributed by atoms with Gasteiger partial charge in [-0.2, -0.15) is 0 Å². The molecule has 6 nitrogen and oxygen atoms in total. The van der Waals surface area contributed by atoms with Crippen LogP contribution in [0.5, 0.6) is 0 Å². The average Bonchev–Trinajstić information content (AvgIpc) is 2.41. The number of nitrogen functional groups attached to an aromatic ring is 1. The summed E-state index contributed by atoms with van der Waals surface area (Å²) in [4.78, 5) is 17.5. The van der Waals surface area contributed by atoms with Crippen molar-refractivity contribution in [2.45, 2.75) is 25.8 Å². The maximum absolute atomic E-state index is 10.9. The van der Waals surface area contributed by atoms with E-state index in [0.717, 1.165) is 43.9 Å². The number of nitrogens with zero attached hydrogens (tertiary/aromatic N) is 2. The van der Waals surface area contributed by atoms with Gasteiger partial charge < -0.3 is 11.2 Å². The minimum absolute atomic E-state index is 0.194. The monoisotopic (exact) mass is 263 g/mol. The first-order chi connectivity index (χ1) is 9.19. The van der Waals surface area contributed by atoms with Gasteiger partial charge in [0, 0.05) is 24.7 Å². The van der Waals surface area contributed by atoms with Crippen molar-refractivity contribution in [2.24, 2.45) is 17.5 Å². The van der Waals surface area contributed by atoms with E-state index >= 15 is 0 Å². The summed E-state index contributed by atoms with van der Waals surface area (Å²) in [6, 6.07) is 3.94.